The van der Waals surface area contributed by atoms with Crippen molar-refractivity contribution in [1.82, 2.24) is 15.1 Å². The summed E-state index contributed by atoms with van der Waals surface area (Å²) in [6, 6.07) is 0. The number of aromatic hydroxyl groups is 1. The van der Waals surface area contributed by atoms with Crippen molar-refractivity contribution >= 4 is 35.1 Å². The molecule has 1 aliphatic carbocycles. The number of ether oxygens (including phenoxy) is 4. The van der Waals surface area contributed by atoms with Gasteiger partial charge in [-0.05, 0) is 25.8 Å². The van der Waals surface area contributed by atoms with Crippen LogP contribution in [0, 0.1) is 36.5 Å². The molecule has 4 N–H and O–H groups in total. The van der Waals surface area contributed by atoms with Crippen LogP contribution >= 0.6 is 0 Å². The molecule has 5 aliphatic rings. The number of nitrogens with one attached hydrogen (secondary N) is 1. The molecule has 6 rings (SSSR count). The third-order valence-corrected chi connectivity index (χ3v) is 13.5. The number of hydrogen-bond acceptors (Lipinski definition) is 14. The number of piperidine rings is 1. The number of aliphatic hydroxyl groups is 2. The number of carbonyl (C=O) groups is 5. The zero-order valence-corrected chi connectivity index (χ0v) is 39.0. The zero-order chi connectivity index (χ0) is 47.3. The molecule has 2 amide bonds. The van der Waals surface area contributed by atoms with Gasteiger partial charge in [0.05, 0.1) is 47.1 Å². The van der Waals surface area contributed by atoms with Crippen LogP contribution in [0.15, 0.2) is 52.5 Å². The Labute approximate surface area is 375 Å². The number of aliphatic hydroxyl groups excluding tert-OH is 2. The van der Waals surface area contributed by atoms with Crippen LogP contribution in [-0.4, -0.2) is 123 Å². The molecule has 1 saturated heterocycles. The summed E-state index contributed by atoms with van der Waals surface area (Å²) in [6.07, 6.45) is 4.37. The molecule has 5 bridgehead atoms. The van der Waals surface area contributed by atoms with Crippen molar-refractivity contribution in [3.05, 3.63) is 69.8 Å². The number of rotatable bonds is 4. The van der Waals surface area contributed by atoms with Gasteiger partial charge in [-0.3, -0.25) is 33.9 Å². The van der Waals surface area contributed by atoms with Gasteiger partial charge in [0.2, 0.25) is 11.7 Å². The van der Waals surface area contributed by atoms with Crippen LogP contribution in [0.3, 0.4) is 0 Å². The number of nitrogens with zero attached hydrogens (tertiary/aromatic N) is 3. The first-order valence-electron chi connectivity index (χ1n) is 22.1. The molecule has 4 aliphatic heterocycles. The number of phenols is 1. The van der Waals surface area contributed by atoms with E-state index in [1.165, 1.54) is 65.0 Å². The topological polar surface area (TPSA) is 214 Å². The Balaban J connectivity index is 1.55. The first-order chi connectivity index (χ1) is 30.0. The molecule has 64 heavy (non-hydrogen) atoms. The molecule has 1 fully saturated rings. The highest BCUT2D eigenvalue weighted by Gasteiger charge is 2.57. The lowest BCUT2D eigenvalue weighted by Crippen LogP contribution is -2.54. The van der Waals surface area contributed by atoms with Gasteiger partial charge in [0.15, 0.2) is 0 Å². The smallest absolute Gasteiger partial charge is 0.312 e. The number of benzene rings is 1. The van der Waals surface area contributed by atoms with Gasteiger partial charge in [-0.1, -0.05) is 59.8 Å². The number of Topliss-reactive ketones (excluding diaryl/α,β-unsaturated/α-hetero) is 2. The summed E-state index contributed by atoms with van der Waals surface area (Å²) in [7, 11) is 1.45. The van der Waals surface area contributed by atoms with Crippen LogP contribution in [-0.2, 0) is 28.6 Å². The Morgan fingerprint density at radius 3 is 2.22 bits per heavy atom. The number of amides is 2. The largest absolute Gasteiger partial charge is 0.507 e. The second-order valence-corrected chi connectivity index (χ2v) is 18.7. The third kappa shape index (κ3) is 8.57. The normalized spacial score (nSPS) is 31.9. The molecular weight excluding hydrogens is 825 g/mol. The molecule has 0 unspecified atom stereocenters. The van der Waals surface area contributed by atoms with E-state index >= 15 is 0 Å². The minimum absolute atomic E-state index is 0.0129. The minimum Gasteiger partial charge on any atom is -0.507 e. The maximum atomic E-state index is 15.0. The minimum atomic E-state index is -2.04. The Morgan fingerprint density at radius 2 is 1.62 bits per heavy atom. The van der Waals surface area contributed by atoms with Gasteiger partial charge in [0, 0.05) is 101 Å². The Bertz CT molecular complexity index is 2250. The van der Waals surface area contributed by atoms with E-state index in [2.05, 4.69) is 24.1 Å². The van der Waals surface area contributed by atoms with Crippen molar-refractivity contribution < 1.29 is 58.2 Å². The number of hydrogen-bond donors (Lipinski definition) is 4. The van der Waals surface area contributed by atoms with Crippen molar-refractivity contribution in [3.63, 3.8) is 0 Å². The quantitative estimate of drug-likeness (QED) is 0.298. The fourth-order valence-corrected chi connectivity index (χ4v) is 9.88. The number of esters is 1. The molecule has 16 heteroatoms. The number of methoxy groups -OCH3 is 1. The van der Waals surface area contributed by atoms with Gasteiger partial charge >= 0.3 is 11.8 Å². The summed E-state index contributed by atoms with van der Waals surface area (Å²) in [4.78, 5) is 79.3. The average Bonchev–Trinajstić information content (AvgIpc) is 3.71. The SMILES string of the molecule is CO[C@H]1C=CO[C@]2(C)Oc3c(C)c(O)c4c(c3C2=O)C2=NC3(CCN(CC(C)C)CC3)N(C(C)=O)C2=C(NC(=O)/C(C)=C\C=C[C@H](C)[C@H](O)[C@@H](C)[C@@H](O)[C@@H](C)[C@H](OC(C)=O)[C@@H]1C)C4=O. The maximum Gasteiger partial charge on any atom is 0.312 e. The Hall–Kier alpha value is -5.16. The highest BCUT2D eigenvalue weighted by molar-refractivity contribution is 6.35. The van der Waals surface area contributed by atoms with Crippen molar-refractivity contribution in [2.75, 3.05) is 26.7 Å². The summed E-state index contributed by atoms with van der Waals surface area (Å²) < 4.78 is 24.0. The van der Waals surface area contributed by atoms with Gasteiger partial charge in [0.1, 0.15) is 29.0 Å². The molecule has 16 nitrogen and oxygen atoms in total. The number of phenolic OH excluding ortho intramolecular Hbond substituents is 1. The van der Waals surface area contributed by atoms with E-state index in [0.29, 0.717) is 31.8 Å². The number of aliphatic imine (C=N–C) groups is 1. The average molecular weight is 889 g/mol. The molecule has 0 aromatic heterocycles. The van der Waals surface area contributed by atoms with E-state index in [1.807, 2.05) is 0 Å². The number of likely N-dealkylation sites (tertiary alicyclic amines) is 1. The lowest BCUT2D eigenvalue weighted by Gasteiger charge is -2.43. The molecule has 0 saturated carbocycles. The zero-order valence-electron chi connectivity index (χ0n) is 39.0. The molecule has 1 aromatic rings. The molecule has 348 valence electrons. The number of allylic oxidation sites excluding steroid dienone is 4. The monoisotopic (exact) mass is 888 g/mol. The van der Waals surface area contributed by atoms with Gasteiger partial charge in [-0.2, -0.15) is 0 Å². The van der Waals surface area contributed by atoms with Crippen LogP contribution in [0.2, 0.25) is 0 Å². The van der Waals surface area contributed by atoms with Crippen LogP contribution in [0.1, 0.15) is 114 Å². The lowest BCUT2D eigenvalue weighted by atomic mass is 9.78. The second-order valence-electron chi connectivity index (χ2n) is 18.7. The van der Waals surface area contributed by atoms with E-state index in [9.17, 15) is 39.3 Å². The Morgan fingerprint density at radius 1 is 0.969 bits per heavy atom. The molecule has 4 heterocycles. The van der Waals surface area contributed by atoms with Crippen LogP contribution in [0.25, 0.3) is 0 Å². The standard InChI is InChI=1S/C48H64N4O12/c1-23(2)22-51-19-17-48(18-20-51)50-36-33-34-41(57)29(8)44-35(33)45(59)47(11,64-44)62-21-16-32(61-12)26(5)43(63-31(10)54)28(7)40(56)27(6)39(55)24(3)14-13-15-25(4)46(60)49-37(42(34)58)38(36)52(48)30(9)53/h13-16,21,23-24,26-28,32,39-40,43,55-57H,17-20,22H2,1-12H3,(H,49,60)/b14-13?,21-16?,25-15-/t24-,26+,27+,28+,32-,39-,40+,43+,47+/m0/s1. The third-order valence-electron chi connectivity index (χ3n) is 13.5. The molecule has 0 radical (unpaired) electrons. The second kappa shape index (κ2) is 18.4. The van der Waals surface area contributed by atoms with E-state index in [4.69, 9.17) is 23.9 Å². The molecule has 9 atom stereocenters. The summed E-state index contributed by atoms with van der Waals surface area (Å²) >= 11 is 0. The molecule has 1 aromatic carbocycles. The fourth-order valence-electron chi connectivity index (χ4n) is 9.88. The summed E-state index contributed by atoms with van der Waals surface area (Å²) in [6.45, 7) is 20.2. The van der Waals surface area contributed by atoms with Crippen molar-refractivity contribution in [3.8, 4) is 11.5 Å². The first-order valence-corrected chi connectivity index (χ1v) is 22.1. The van der Waals surface area contributed by atoms with E-state index in [1.54, 1.807) is 39.8 Å². The number of fused-ring (bicyclic) bond motifs is 3. The van der Waals surface area contributed by atoms with Gasteiger partial charge in [-0.15, -0.1) is 0 Å². The lowest BCUT2D eigenvalue weighted by molar-refractivity contribution is -0.160. The van der Waals surface area contributed by atoms with Crippen LogP contribution < -0.4 is 10.1 Å². The summed E-state index contributed by atoms with van der Waals surface area (Å²) in [5, 5.41) is 37.7. The van der Waals surface area contributed by atoms with Crippen molar-refractivity contribution in [2.45, 2.75) is 125 Å². The highest BCUT2D eigenvalue weighted by Crippen LogP contribution is 2.52. The van der Waals surface area contributed by atoms with Crippen LogP contribution in [0.5, 0.6) is 11.5 Å². The summed E-state index contributed by atoms with van der Waals surface area (Å²) in [5.74, 6) is -7.96. The molecule has 1 spiro atoms. The van der Waals surface area contributed by atoms with Gasteiger partial charge in [-0.25, -0.2) is 0 Å². The maximum absolute atomic E-state index is 15.0. The first kappa shape index (κ1) is 48.3. The van der Waals surface area contributed by atoms with E-state index < -0.39 is 94.6 Å². The van der Waals surface area contributed by atoms with E-state index in [-0.39, 0.29) is 50.7 Å². The van der Waals surface area contributed by atoms with Crippen molar-refractivity contribution in [2.24, 2.45) is 34.6 Å². The van der Waals surface area contributed by atoms with Gasteiger partial charge in [0.25, 0.3) is 11.7 Å². The number of carbonyl (C=O) groups excluding carboxylic acids is 5. The van der Waals surface area contributed by atoms with Crippen LogP contribution in [0.4, 0.5) is 0 Å². The molecular formula is C48H64N4O12. The predicted octanol–water partition coefficient (Wildman–Crippen LogP) is 4.87. The Kier molecular flexibility index (Phi) is 13.9. The fraction of sp³-hybridized carbons (Fsp3) is 0.583. The van der Waals surface area contributed by atoms with E-state index in [0.717, 1.165) is 6.54 Å². The predicted molar refractivity (Wildman–Crippen MR) is 236 cm³/mol. The number of ketones is 2. The van der Waals surface area contributed by atoms with Gasteiger partial charge < -0.3 is 44.5 Å². The van der Waals surface area contributed by atoms with Crippen molar-refractivity contribution in [1.29, 1.82) is 0 Å². The summed E-state index contributed by atoms with van der Waals surface area (Å²) in [5.41, 5.74) is -1.54. The highest BCUT2D eigenvalue weighted by atomic mass is 16.7.